The number of likely N-dealkylation sites (N-methyl/N-ethyl adjacent to an activating group) is 1. The minimum atomic E-state index is -0.177. The number of carbonyl (C=O) groups is 1. The summed E-state index contributed by atoms with van der Waals surface area (Å²) >= 11 is 2.25. The number of rotatable bonds is 3. The zero-order valence-electron chi connectivity index (χ0n) is 9.10. The third kappa shape index (κ3) is 3.46. The molecule has 1 rings (SSSR count). The molecule has 1 aromatic carbocycles. The van der Waals surface area contributed by atoms with Gasteiger partial charge in [-0.05, 0) is 67.2 Å². The summed E-state index contributed by atoms with van der Waals surface area (Å²) in [7, 11) is 1.77. The standard InChI is InChI=1S/C11H15IN2O/c1-7-6-9(12)4-5-10(7)14-11(15)8(2)13-3/h4-6,8,13H,1-3H3,(H,14,15). The van der Waals surface area contributed by atoms with Crippen LogP contribution in [-0.4, -0.2) is 19.0 Å². The van der Waals surface area contributed by atoms with E-state index in [0.717, 1.165) is 11.3 Å². The molecule has 0 aliphatic rings. The molecule has 0 bridgehead atoms. The second kappa shape index (κ2) is 5.46. The van der Waals surface area contributed by atoms with Gasteiger partial charge in [0, 0.05) is 9.26 Å². The minimum absolute atomic E-state index is 0.0122. The molecule has 0 aromatic heterocycles. The van der Waals surface area contributed by atoms with Crippen LogP contribution in [0.25, 0.3) is 0 Å². The van der Waals surface area contributed by atoms with Gasteiger partial charge in [-0.25, -0.2) is 0 Å². The Labute approximate surface area is 104 Å². The van der Waals surface area contributed by atoms with Gasteiger partial charge in [-0.1, -0.05) is 0 Å². The number of amides is 1. The van der Waals surface area contributed by atoms with E-state index in [0.29, 0.717) is 0 Å². The molecule has 0 saturated carbocycles. The van der Waals surface area contributed by atoms with Crippen molar-refractivity contribution >= 4 is 34.2 Å². The molecule has 2 N–H and O–H groups in total. The molecule has 1 unspecified atom stereocenters. The summed E-state index contributed by atoms with van der Waals surface area (Å²) in [4.78, 5) is 11.6. The molecular formula is C11H15IN2O. The highest BCUT2D eigenvalue weighted by Crippen LogP contribution is 2.17. The summed E-state index contributed by atoms with van der Waals surface area (Å²) in [5, 5.41) is 5.79. The predicted octanol–water partition coefficient (Wildman–Crippen LogP) is 2.15. The average molecular weight is 318 g/mol. The van der Waals surface area contributed by atoms with Crippen LogP contribution in [0.2, 0.25) is 0 Å². The Morgan fingerprint density at radius 3 is 2.67 bits per heavy atom. The number of carbonyl (C=O) groups excluding carboxylic acids is 1. The first-order valence-electron chi connectivity index (χ1n) is 4.79. The second-order valence-electron chi connectivity index (χ2n) is 3.46. The number of hydrogen-bond donors (Lipinski definition) is 2. The molecular weight excluding hydrogens is 303 g/mol. The van der Waals surface area contributed by atoms with Crippen molar-refractivity contribution in [2.45, 2.75) is 19.9 Å². The van der Waals surface area contributed by atoms with Crippen molar-refractivity contribution < 1.29 is 4.79 Å². The van der Waals surface area contributed by atoms with E-state index in [1.54, 1.807) is 7.05 Å². The fraction of sp³-hybridized carbons (Fsp3) is 0.364. The van der Waals surface area contributed by atoms with Crippen LogP contribution in [0.5, 0.6) is 0 Å². The number of aryl methyl sites for hydroxylation is 1. The van der Waals surface area contributed by atoms with Gasteiger partial charge in [-0.15, -0.1) is 0 Å². The number of hydrogen-bond acceptors (Lipinski definition) is 2. The highest BCUT2D eigenvalue weighted by Gasteiger charge is 2.11. The van der Waals surface area contributed by atoms with Crippen molar-refractivity contribution in [2.75, 3.05) is 12.4 Å². The summed E-state index contributed by atoms with van der Waals surface area (Å²) in [6, 6.07) is 5.77. The molecule has 0 aliphatic carbocycles. The number of benzene rings is 1. The van der Waals surface area contributed by atoms with Crippen molar-refractivity contribution in [1.82, 2.24) is 5.32 Å². The maximum Gasteiger partial charge on any atom is 0.241 e. The van der Waals surface area contributed by atoms with E-state index in [2.05, 4.69) is 33.2 Å². The third-order valence-electron chi connectivity index (χ3n) is 2.27. The summed E-state index contributed by atoms with van der Waals surface area (Å²) in [5.74, 6) is -0.0122. The molecule has 15 heavy (non-hydrogen) atoms. The monoisotopic (exact) mass is 318 g/mol. The Kier molecular flexibility index (Phi) is 4.53. The number of halogens is 1. The highest BCUT2D eigenvalue weighted by atomic mass is 127. The van der Waals surface area contributed by atoms with E-state index >= 15 is 0 Å². The van der Waals surface area contributed by atoms with E-state index < -0.39 is 0 Å². The molecule has 1 amide bonds. The Morgan fingerprint density at radius 1 is 1.47 bits per heavy atom. The van der Waals surface area contributed by atoms with Crippen LogP contribution in [0, 0.1) is 10.5 Å². The third-order valence-corrected chi connectivity index (χ3v) is 2.94. The number of nitrogens with one attached hydrogen (secondary N) is 2. The highest BCUT2D eigenvalue weighted by molar-refractivity contribution is 14.1. The van der Waals surface area contributed by atoms with Gasteiger partial charge in [0.25, 0.3) is 0 Å². The zero-order chi connectivity index (χ0) is 11.4. The Balaban J connectivity index is 2.77. The van der Waals surface area contributed by atoms with Gasteiger partial charge in [-0.3, -0.25) is 4.79 Å². The lowest BCUT2D eigenvalue weighted by molar-refractivity contribution is -0.117. The van der Waals surface area contributed by atoms with Gasteiger partial charge in [0.2, 0.25) is 5.91 Å². The van der Waals surface area contributed by atoms with Crippen LogP contribution in [0.4, 0.5) is 5.69 Å². The molecule has 0 heterocycles. The van der Waals surface area contributed by atoms with Crippen LogP contribution in [0.15, 0.2) is 18.2 Å². The van der Waals surface area contributed by atoms with E-state index in [9.17, 15) is 4.79 Å². The summed E-state index contributed by atoms with van der Waals surface area (Å²) < 4.78 is 1.17. The molecule has 4 heteroatoms. The summed E-state index contributed by atoms with van der Waals surface area (Å²) in [5.41, 5.74) is 1.96. The maximum absolute atomic E-state index is 11.6. The smallest absolute Gasteiger partial charge is 0.241 e. The first kappa shape index (κ1) is 12.4. The lowest BCUT2D eigenvalue weighted by Gasteiger charge is -2.12. The van der Waals surface area contributed by atoms with Crippen LogP contribution in [0.1, 0.15) is 12.5 Å². The quantitative estimate of drug-likeness (QED) is 0.839. The van der Waals surface area contributed by atoms with Gasteiger partial charge in [0.05, 0.1) is 6.04 Å². The second-order valence-corrected chi connectivity index (χ2v) is 4.70. The predicted molar refractivity (Wildman–Crippen MR) is 71.0 cm³/mol. The summed E-state index contributed by atoms with van der Waals surface area (Å²) in [6.45, 7) is 3.82. The van der Waals surface area contributed by atoms with Crippen molar-refractivity contribution in [3.63, 3.8) is 0 Å². The van der Waals surface area contributed by atoms with Crippen LogP contribution < -0.4 is 10.6 Å². The minimum Gasteiger partial charge on any atom is -0.324 e. The molecule has 0 aliphatic heterocycles. The Bertz CT molecular complexity index is 366. The van der Waals surface area contributed by atoms with Crippen molar-refractivity contribution in [3.05, 3.63) is 27.3 Å². The molecule has 0 spiro atoms. The topological polar surface area (TPSA) is 41.1 Å². The molecule has 0 saturated heterocycles. The normalized spacial score (nSPS) is 12.3. The van der Waals surface area contributed by atoms with Crippen molar-refractivity contribution in [1.29, 1.82) is 0 Å². The Hall–Kier alpha value is -0.620. The fourth-order valence-corrected chi connectivity index (χ4v) is 1.79. The van der Waals surface area contributed by atoms with E-state index in [4.69, 9.17) is 0 Å². The molecule has 1 atom stereocenters. The average Bonchev–Trinajstić information content (AvgIpc) is 2.20. The molecule has 1 aromatic rings. The SMILES string of the molecule is CNC(C)C(=O)Nc1ccc(I)cc1C. The van der Waals surface area contributed by atoms with Gasteiger partial charge in [-0.2, -0.15) is 0 Å². The van der Waals surface area contributed by atoms with Crippen molar-refractivity contribution in [3.8, 4) is 0 Å². The zero-order valence-corrected chi connectivity index (χ0v) is 11.3. The number of anilines is 1. The van der Waals surface area contributed by atoms with E-state index in [1.807, 2.05) is 32.0 Å². The lowest BCUT2D eigenvalue weighted by Crippen LogP contribution is -2.35. The van der Waals surface area contributed by atoms with Gasteiger partial charge < -0.3 is 10.6 Å². The Morgan fingerprint density at radius 2 is 2.13 bits per heavy atom. The van der Waals surface area contributed by atoms with Gasteiger partial charge in [0.1, 0.15) is 0 Å². The van der Waals surface area contributed by atoms with Gasteiger partial charge >= 0.3 is 0 Å². The largest absolute Gasteiger partial charge is 0.324 e. The fourth-order valence-electron chi connectivity index (χ4n) is 1.14. The van der Waals surface area contributed by atoms with Crippen LogP contribution in [0.3, 0.4) is 0 Å². The van der Waals surface area contributed by atoms with E-state index in [-0.39, 0.29) is 11.9 Å². The lowest BCUT2D eigenvalue weighted by atomic mass is 10.2. The van der Waals surface area contributed by atoms with Gasteiger partial charge in [0.15, 0.2) is 0 Å². The van der Waals surface area contributed by atoms with E-state index in [1.165, 1.54) is 3.57 Å². The van der Waals surface area contributed by atoms with Crippen molar-refractivity contribution in [2.24, 2.45) is 0 Å². The van der Waals surface area contributed by atoms with Crippen LogP contribution >= 0.6 is 22.6 Å². The summed E-state index contributed by atoms with van der Waals surface area (Å²) in [6.07, 6.45) is 0. The maximum atomic E-state index is 11.6. The van der Waals surface area contributed by atoms with Crippen LogP contribution in [-0.2, 0) is 4.79 Å². The molecule has 0 radical (unpaired) electrons. The molecule has 0 fully saturated rings. The molecule has 3 nitrogen and oxygen atoms in total. The first-order chi connectivity index (χ1) is 7.04. The first-order valence-corrected chi connectivity index (χ1v) is 5.86. The molecule has 82 valence electrons.